The van der Waals surface area contributed by atoms with Gasteiger partial charge in [-0.3, -0.25) is 0 Å². The lowest BCUT2D eigenvalue weighted by Crippen LogP contribution is -2.19. The molecular formula is C17H13ClF6O. The van der Waals surface area contributed by atoms with Crippen LogP contribution in [0.2, 0.25) is 5.02 Å². The zero-order valence-electron chi connectivity index (χ0n) is 12.9. The van der Waals surface area contributed by atoms with Crippen LogP contribution in [0.25, 0.3) is 11.1 Å². The monoisotopic (exact) mass is 382 g/mol. The molecule has 0 bridgehead atoms. The zero-order chi connectivity index (χ0) is 18.8. The van der Waals surface area contributed by atoms with Crippen molar-refractivity contribution in [2.75, 3.05) is 6.61 Å². The number of hydrogen-bond acceptors (Lipinski definition) is 1. The van der Waals surface area contributed by atoms with E-state index >= 15 is 0 Å². The smallest absolute Gasteiger partial charge is 0.422 e. The maximum absolute atomic E-state index is 12.7. The predicted octanol–water partition coefficient (Wildman–Crippen LogP) is 6.53. The predicted molar refractivity (Wildman–Crippen MR) is 82.8 cm³/mol. The summed E-state index contributed by atoms with van der Waals surface area (Å²) in [4.78, 5) is 0. The molecule has 0 amide bonds. The van der Waals surface area contributed by atoms with E-state index in [1.54, 1.807) is 6.07 Å². The van der Waals surface area contributed by atoms with Crippen molar-refractivity contribution in [3.63, 3.8) is 0 Å². The minimum atomic E-state index is -4.57. The zero-order valence-corrected chi connectivity index (χ0v) is 13.7. The molecule has 8 heteroatoms. The molecule has 0 heterocycles. The van der Waals surface area contributed by atoms with Gasteiger partial charge in [-0.2, -0.15) is 26.3 Å². The second-order valence-corrected chi connectivity index (χ2v) is 5.69. The van der Waals surface area contributed by atoms with Gasteiger partial charge in [-0.15, -0.1) is 0 Å². The van der Waals surface area contributed by atoms with Crippen molar-refractivity contribution in [3.8, 4) is 16.9 Å². The molecule has 0 atom stereocenters. The normalized spacial score (nSPS) is 12.3. The van der Waals surface area contributed by atoms with Gasteiger partial charge in [0.2, 0.25) is 0 Å². The molecule has 0 aliphatic carbocycles. The Morgan fingerprint density at radius 1 is 0.960 bits per heavy atom. The highest BCUT2D eigenvalue weighted by molar-refractivity contribution is 6.32. The highest BCUT2D eigenvalue weighted by Gasteiger charge is 2.31. The summed E-state index contributed by atoms with van der Waals surface area (Å²) in [5.41, 5.74) is 0.357. The molecule has 2 aromatic rings. The van der Waals surface area contributed by atoms with Crippen LogP contribution < -0.4 is 4.74 Å². The minimum absolute atomic E-state index is 0.0292. The minimum Gasteiger partial charge on any atom is -0.482 e. The van der Waals surface area contributed by atoms with E-state index in [4.69, 9.17) is 16.3 Å². The van der Waals surface area contributed by atoms with Crippen molar-refractivity contribution in [3.05, 3.63) is 52.5 Å². The molecule has 0 aromatic heterocycles. The number of halogens is 7. The van der Waals surface area contributed by atoms with E-state index in [2.05, 4.69) is 0 Å². The topological polar surface area (TPSA) is 9.23 Å². The third-order valence-electron chi connectivity index (χ3n) is 3.42. The van der Waals surface area contributed by atoms with E-state index in [-0.39, 0.29) is 21.9 Å². The summed E-state index contributed by atoms with van der Waals surface area (Å²) < 4.78 is 80.1. The molecule has 0 aliphatic rings. The van der Waals surface area contributed by atoms with Gasteiger partial charge in [-0.05, 0) is 41.8 Å². The molecule has 0 fully saturated rings. The number of aryl methyl sites for hydroxylation is 1. The van der Waals surface area contributed by atoms with Crippen LogP contribution >= 0.6 is 11.6 Å². The van der Waals surface area contributed by atoms with Crippen molar-refractivity contribution in [2.45, 2.75) is 25.7 Å². The van der Waals surface area contributed by atoms with Gasteiger partial charge >= 0.3 is 12.4 Å². The average Bonchev–Trinajstić information content (AvgIpc) is 2.51. The van der Waals surface area contributed by atoms with Crippen LogP contribution in [0.1, 0.15) is 18.1 Å². The average molecular weight is 383 g/mol. The van der Waals surface area contributed by atoms with Crippen molar-refractivity contribution in [1.82, 2.24) is 0 Å². The lowest BCUT2D eigenvalue weighted by molar-refractivity contribution is -0.153. The van der Waals surface area contributed by atoms with Gasteiger partial charge in [0.1, 0.15) is 5.75 Å². The second-order valence-electron chi connectivity index (χ2n) is 5.29. The summed E-state index contributed by atoms with van der Waals surface area (Å²) in [5.74, 6) is -0.212. The van der Waals surface area contributed by atoms with E-state index in [0.717, 1.165) is 17.7 Å². The van der Waals surface area contributed by atoms with Gasteiger partial charge in [0.25, 0.3) is 0 Å². The highest BCUT2D eigenvalue weighted by Crippen LogP contribution is 2.39. The fraction of sp³-hybridized carbons (Fsp3) is 0.294. The lowest BCUT2D eigenvalue weighted by atomic mass is 9.99. The Hall–Kier alpha value is -1.89. The van der Waals surface area contributed by atoms with Crippen molar-refractivity contribution >= 4 is 11.6 Å². The molecule has 0 saturated carbocycles. The molecule has 25 heavy (non-hydrogen) atoms. The molecule has 136 valence electrons. The number of rotatable bonds is 4. The van der Waals surface area contributed by atoms with E-state index in [1.165, 1.54) is 18.2 Å². The van der Waals surface area contributed by atoms with Crippen LogP contribution in [0.5, 0.6) is 5.75 Å². The quantitative estimate of drug-likeness (QED) is 0.546. The molecule has 0 radical (unpaired) electrons. The fourth-order valence-corrected chi connectivity index (χ4v) is 2.50. The van der Waals surface area contributed by atoms with Gasteiger partial charge in [0.05, 0.1) is 10.6 Å². The summed E-state index contributed by atoms with van der Waals surface area (Å²) in [6.07, 6.45) is -8.52. The van der Waals surface area contributed by atoms with Crippen LogP contribution in [0.3, 0.4) is 0 Å². The lowest BCUT2D eigenvalue weighted by Gasteiger charge is -2.17. The van der Waals surface area contributed by atoms with E-state index in [1.807, 2.05) is 6.92 Å². The second kappa shape index (κ2) is 7.15. The molecule has 0 N–H and O–H groups in total. The maximum atomic E-state index is 12.7. The van der Waals surface area contributed by atoms with Crippen LogP contribution in [0.4, 0.5) is 26.3 Å². The van der Waals surface area contributed by atoms with Crippen molar-refractivity contribution < 1.29 is 31.1 Å². The molecule has 2 rings (SSSR count). The summed E-state index contributed by atoms with van der Waals surface area (Å²) in [7, 11) is 0. The maximum Gasteiger partial charge on any atom is 0.422 e. The van der Waals surface area contributed by atoms with Crippen LogP contribution in [0.15, 0.2) is 36.4 Å². The SMILES string of the molecule is CCc1cc(Cl)c(OCC(F)(F)F)c(-c2ccc(C(F)(F)F)cc2)c1. The molecule has 0 spiro atoms. The summed E-state index contributed by atoms with van der Waals surface area (Å²) in [6, 6.07) is 7.09. The van der Waals surface area contributed by atoms with Gasteiger partial charge in [-0.1, -0.05) is 30.7 Å². The molecule has 2 aromatic carbocycles. The molecule has 1 nitrogen and oxygen atoms in total. The van der Waals surface area contributed by atoms with Crippen LogP contribution in [0, 0.1) is 0 Å². The first-order chi connectivity index (χ1) is 11.5. The Morgan fingerprint density at radius 3 is 2.04 bits per heavy atom. The van der Waals surface area contributed by atoms with Crippen LogP contribution in [-0.2, 0) is 12.6 Å². The molecular weight excluding hydrogens is 370 g/mol. The Morgan fingerprint density at radius 2 is 1.56 bits per heavy atom. The molecule has 0 aliphatic heterocycles. The Balaban J connectivity index is 2.48. The number of ether oxygens (including phenoxy) is 1. The van der Waals surface area contributed by atoms with Gasteiger partial charge in [0.15, 0.2) is 6.61 Å². The molecule has 0 unspecified atom stereocenters. The van der Waals surface area contributed by atoms with Gasteiger partial charge < -0.3 is 4.74 Å². The number of alkyl halides is 6. The number of benzene rings is 2. The van der Waals surface area contributed by atoms with Gasteiger partial charge in [0, 0.05) is 5.56 Å². The highest BCUT2D eigenvalue weighted by atomic mass is 35.5. The summed E-state index contributed by atoms with van der Waals surface area (Å²) in [5, 5.41) is -0.0292. The third kappa shape index (κ3) is 5.04. The fourth-order valence-electron chi connectivity index (χ4n) is 2.21. The van der Waals surface area contributed by atoms with Crippen molar-refractivity contribution in [1.29, 1.82) is 0 Å². The third-order valence-corrected chi connectivity index (χ3v) is 3.70. The Bertz CT molecular complexity index is 735. The van der Waals surface area contributed by atoms with E-state index in [9.17, 15) is 26.3 Å². The van der Waals surface area contributed by atoms with Gasteiger partial charge in [-0.25, -0.2) is 0 Å². The number of hydrogen-bond donors (Lipinski definition) is 0. The Kier molecular flexibility index (Phi) is 5.56. The standard InChI is InChI=1S/C17H13ClF6O/c1-2-10-7-13(11-3-5-12(6-4-11)17(22,23)24)15(14(18)8-10)25-9-16(19,20)21/h3-8H,2,9H2,1H3. The largest absolute Gasteiger partial charge is 0.482 e. The summed E-state index contributed by atoms with van der Waals surface area (Å²) >= 11 is 6.02. The Labute approximate surface area is 145 Å². The van der Waals surface area contributed by atoms with Crippen LogP contribution in [-0.4, -0.2) is 12.8 Å². The molecule has 0 saturated heterocycles. The van der Waals surface area contributed by atoms with Crippen molar-refractivity contribution in [2.24, 2.45) is 0 Å². The first-order valence-electron chi connectivity index (χ1n) is 7.21. The van der Waals surface area contributed by atoms with E-state index < -0.39 is 24.5 Å². The first-order valence-corrected chi connectivity index (χ1v) is 7.58. The first kappa shape index (κ1) is 19.4. The van der Waals surface area contributed by atoms with E-state index in [0.29, 0.717) is 6.42 Å². The summed E-state index contributed by atoms with van der Waals surface area (Å²) in [6.45, 7) is 0.268.